The van der Waals surface area contributed by atoms with Crippen LogP contribution in [0.1, 0.15) is 41.7 Å². The van der Waals surface area contributed by atoms with Gasteiger partial charge < -0.3 is 24.0 Å². The molecule has 0 saturated heterocycles. The Kier molecular flexibility index (Phi) is 9.58. The van der Waals surface area contributed by atoms with Crippen molar-refractivity contribution in [3.63, 3.8) is 0 Å². The predicted molar refractivity (Wildman–Crippen MR) is 169 cm³/mol. The molecule has 5 rings (SSSR count). The second kappa shape index (κ2) is 13.6. The van der Waals surface area contributed by atoms with Crippen LogP contribution in [0, 0.1) is 20.2 Å². The van der Waals surface area contributed by atoms with E-state index in [-0.39, 0.29) is 41.4 Å². The van der Waals surface area contributed by atoms with Crippen LogP contribution in [0.15, 0.2) is 98.7 Å². The van der Waals surface area contributed by atoms with E-state index in [0.717, 1.165) is 5.56 Å². The van der Waals surface area contributed by atoms with Gasteiger partial charge in [-0.1, -0.05) is 35.3 Å². The lowest BCUT2D eigenvalue weighted by atomic mass is 9.69. The van der Waals surface area contributed by atoms with Crippen LogP contribution < -0.4 is 5.32 Å². The molecule has 5 heterocycles. The number of nitro groups is 2. The predicted octanol–water partition coefficient (Wildman–Crippen LogP) is 5.54. The van der Waals surface area contributed by atoms with E-state index in [1.54, 1.807) is 60.6 Å². The molecule has 1 aliphatic rings. The molecule has 0 aromatic carbocycles. The highest BCUT2D eigenvalue weighted by Crippen LogP contribution is 2.54. The molecule has 4 aromatic rings. The smallest absolute Gasteiger partial charge is 0.324 e. The molecule has 1 N–H and O–H groups in total. The van der Waals surface area contributed by atoms with E-state index in [1.807, 2.05) is 6.92 Å². The first-order chi connectivity index (χ1) is 22.1. The van der Waals surface area contributed by atoms with E-state index in [2.05, 4.69) is 20.3 Å². The minimum atomic E-state index is -2.37. The van der Waals surface area contributed by atoms with Gasteiger partial charge in [-0.15, -0.1) is 0 Å². The summed E-state index contributed by atoms with van der Waals surface area (Å²) in [5.41, 5.74) is -1.63. The molecule has 0 unspecified atom stereocenters. The number of halogens is 2. The maximum atomic E-state index is 13.8. The maximum absolute atomic E-state index is 13.8. The molecule has 3 atom stereocenters. The number of pyridine rings is 2. The normalized spacial score (nSPS) is 20.1. The lowest BCUT2D eigenvalue weighted by Gasteiger charge is -2.47. The zero-order valence-electron chi connectivity index (χ0n) is 25.0. The molecule has 4 aromatic heterocycles. The van der Waals surface area contributed by atoms with E-state index in [0.29, 0.717) is 17.4 Å². The fourth-order valence-corrected chi connectivity index (χ4v) is 6.36. The van der Waals surface area contributed by atoms with Gasteiger partial charge >= 0.3 is 11.2 Å². The summed E-state index contributed by atoms with van der Waals surface area (Å²) in [7, 11) is 2.95. The summed E-state index contributed by atoms with van der Waals surface area (Å²) < 4.78 is 11.6. The molecule has 1 aliphatic heterocycles. The lowest BCUT2D eigenvalue weighted by Crippen LogP contribution is -2.66. The Bertz CT molecular complexity index is 1750. The maximum Gasteiger partial charge on any atom is 0.324 e. The minimum Gasteiger partial charge on any atom is -0.468 e. The highest BCUT2D eigenvalue weighted by atomic mass is 35.5. The van der Waals surface area contributed by atoms with Crippen molar-refractivity contribution in [1.29, 1.82) is 0 Å². The summed E-state index contributed by atoms with van der Waals surface area (Å²) in [6.07, 6.45) is 4.29. The minimum absolute atomic E-state index is 0.00130. The standard InChI is InChI=1S/C30H30Cl2N8O6/c1-4-38(18-19-12-13-23(31)34-16-19)28-26(39(41)42)25(21-9-6-14-45-21)30(40(43)44,27(37(28)3)22-10-7-15-46-22)29(33-2)35-17-20-8-5-11-24(32)36-20/h5-16,25,27H,4,17-18H2,1-3H3,(H,33,35)/t25-,27+,30-/m0/s1. The third kappa shape index (κ3) is 5.88. The van der Waals surface area contributed by atoms with Crippen LogP contribution in [0.4, 0.5) is 0 Å². The van der Waals surface area contributed by atoms with Gasteiger partial charge in [-0.25, -0.2) is 9.97 Å². The molecule has 0 saturated carbocycles. The van der Waals surface area contributed by atoms with Crippen molar-refractivity contribution in [3.05, 3.63) is 138 Å². The summed E-state index contributed by atoms with van der Waals surface area (Å²) in [6.45, 7) is 2.30. The van der Waals surface area contributed by atoms with E-state index in [4.69, 9.17) is 32.0 Å². The van der Waals surface area contributed by atoms with Crippen molar-refractivity contribution >= 4 is 29.0 Å². The molecule has 0 aliphatic carbocycles. The van der Waals surface area contributed by atoms with Crippen molar-refractivity contribution in [2.24, 2.45) is 4.99 Å². The van der Waals surface area contributed by atoms with Gasteiger partial charge in [0.25, 0.3) is 0 Å². The topological polar surface area (TPSA) is 169 Å². The van der Waals surface area contributed by atoms with Crippen molar-refractivity contribution in [2.75, 3.05) is 20.6 Å². The fraction of sp³-hybridized carbons (Fsp3) is 0.300. The Morgan fingerprint density at radius 2 is 1.78 bits per heavy atom. The quantitative estimate of drug-likeness (QED) is 0.0699. The zero-order chi connectivity index (χ0) is 33.0. The molecule has 0 radical (unpaired) electrons. The second-order valence-electron chi connectivity index (χ2n) is 10.4. The van der Waals surface area contributed by atoms with E-state index in [9.17, 15) is 20.2 Å². The van der Waals surface area contributed by atoms with Crippen LogP contribution in [-0.4, -0.2) is 61.6 Å². The number of amidine groups is 1. The van der Waals surface area contributed by atoms with Gasteiger partial charge in [0.1, 0.15) is 21.8 Å². The summed E-state index contributed by atoms with van der Waals surface area (Å²) >= 11 is 12.1. The van der Waals surface area contributed by atoms with Gasteiger partial charge in [-0.05, 0) is 55.0 Å². The largest absolute Gasteiger partial charge is 0.468 e. The number of furan rings is 2. The number of aliphatic imine (C=N–C) groups is 1. The molecule has 240 valence electrons. The fourth-order valence-electron chi connectivity index (χ4n) is 6.07. The van der Waals surface area contributed by atoms with Gasteiger partial charge in [-0.2, -0.15) is 0 Å². The average Bonchev–Trinajstić information content (AvgIpc) is 3.76. The van der Waals surface area contributed by atoms with Crippen molar-refractivity contribution < 1.29 is 18.7 Å². The van der Waals surface area contributed by atoms with Crippen molar-refractivity contribution in [1.82, 2.24) is 25.1 Å². The Balaban J connectivity index is 1.79. The molecule has 0 fully saturated rings. The number of aromatic nitrogens is 2. The SMILES string of the molecule is CCN(Cc1ccc(Cl)nc1)C1=C([N+](=O)[O-])[C@H](c2ccco2)[C@](C(=NC)NCc2cccc(Cl)n2)([N+](=O)[O-])[C@@H](c2ccco2)N1C. The van der Waals surface area contributed by atoms with Gasteiger partial charge in [0.2, 0.25) is 0 Å². The summed E-state index contributed by atoms with van der Waals surface area (Å²) in [5.74, 6) is -1.43. The average molecular weight is 670 g/mol. The van der Waals surface area contributed by atoms with Gasteiger partial charge in [0.15, 0.2) is 23.6 Å². The third-order valence-electron chi connectivity index (χ3n) is 7.88. The Morgan fingerprint density at radius 3 is 2.33 bits per heavy atom. The molecule has 0 amide bonds. The molecule has 14 nitrogen and oxygen atoms in total. The van der Waals surface area contributed by atoms with Crippen LogP contribution in [-0.2, 0) is 13.1 Å². The Morgan fingerprint density at radius 1 is 1.07 bits per heavy atom. The Labute approximate surface area is 273 Å². The number of rotatable bonds is 11. The first-order valence-electron chi connectivity index (χ1n) is 14.1. The number of hydrogen-bond acceptors (Lipinski definition) is 11. The molecular formula is C30H30Cl2N8O6. The summed E-state index contributed by atoms with van der Waals surface area (Å²) in [6, 6.07) is 13.3. The molecular weight excluding hydrogens is 639 g/mol. The van der Waals surface area contributed by atoms with Crippen LogP contribution in [0.25, 0.3) is 0 Å². The summed E-state index contributed by atoms with van der Waals surface area (Å²) in [4.78, 5) is 42.0. The van der Waals surface area contributed by atoms with Crippen LogP contribution in [0.5, 0.6) is 0 Å². The zero-order valence-corrected chi connectivity index (χ0v) is 26.6. The van der Waals surface area contributed by atoms with E-state index >= 15 is 0 Å². The number of nitrogens with zero attached hydrogens (tertiary/aromatic N) is 7. The van der Waals surface area contributed by atoms with Crippen LogP contribution in [0.2, 0.25) is 10.3 Å². The first kappa shape index (κ1) is 32.4. The third-order valence-corrected chi connectivity index (χ3v) is 8.31. The molecule has 46 heavy (non-hydrogen) atoms. The molecule has 16 heteroatoms. The number of nitrogens with one attached hydrogen (secondary N) is 1. The van der Waals surface area contributed by atoms with Gasteiger partial charge in [0.05, 0.1) is 29.7 Å². The first-order valence-corrected chi connectivity index (χ1v) is 14.9. The molecule has 0 bridgehead atoms. The van der Waals surface area contributed by atoms with Gasteiger partial charge in [0, 0.05) is 38.3 Å². The monoisotopic (exact) mass is 668 g/mol. The highest BCUT2D eigenvalue weighted by molar-refractivity contribution is 6.29. The Hall–Kier alpha value is -4.95. The van der Waals surface area contributed by atoms with E-state index < -0.39 is 33.0 Å². The number of hydrogen-bond donors (Lipinski definition) is 1. The van der Waals surface area contributed by atoms with Crippen LogP contribution in [0.3, 0.4) is 0 Å². The molecule has 0 spiro atoms. The van der Waals surface area contributed by atoms with E-state index in [1.165, 1.54) is 36.6 Å². The van der Waals surface area contributed by atoms with Gasteiger partial charge in [-0.3, -0.25) is 25.2 Å². The second-order valence-corrected chi connectivity index (χ2v) is 11.2. The van der Waals surface area contributed by atoms with Crippen molar-refractivity contribution in [2.45, 2.75) is 37.5 Å². The van der Waals surface area contributed by atoms with Crippen molar-refractivity contribution in [3.8, 4) is 0 Å². The highest BCUT2D eigenvalue weighted by Gasteiger charge is 2.73. The van der Waals surface area contributed by atoms with Crippen LogP contribution >= 0.6 is 23.2 Å². The number of likely N-dealkylation sites (N-methyl/N-ethyl adjacent to an activating group) is 1. The lowest BCUT2D eigenvalue weighted by molar-refractivity contribution is -0.572. The summed E-state index contributed by atoms with van der Waals surface area (Å²) in [5, 5.41) is 30.6.